The van der Waals surface area contributed by atoms with E-state index < -0.39 is 5.54 Å². The topological polar surface area (TPSA) is 49.4 Å². The number of rotatable bonds is 5. The Morgan fingerprint density at radius 1 is 1.26 bits per heavy atom. The molecule has 19 heavy (non-hydrogen) atoms. The van der Waals surface area contributed by atoms with Gasteiger partial charge in [0.15, 0.2) is 0 Å². The van der Waals surface area contributed by atoms with Crippen molar-refractivity contribution in [2.45, 2.75) is 57.4 Å². The number of carbonyl (C=O) groups is 2. The minimum atomic E-state index is -0.578. The van der Waals surface area contributed by atoms with Gasteiger partial charge >= 0.3 is 6.03 Å². The second kappa shape index (κ2) is 6.12. The number of imide groups is 1. The van der Waals surface area contributed by atoms with Gasteiger partial charge in [0.1, 0.15) is 5.54 Å². The molecule has 1 atom stereocenters. The molecule has 0 bridgehead atoms. The van der Waals surface area contributed by atoms with Crippen molar-refractivity contribution in [1.82, 2.24) is 10.2 Å². The van der Waals surface area contributed by atoms with Crippen molar-refractivity contribution in [2.75, 3.05) is 12.4 Å². The lowest BCUT2D eigenvalue weighted by molar-refractivity contribution is -0.132. The molecule has 2 fully saturated rings. The predicted molar refractivity (Wildman–Crippen MR) is 75.2 cm³/mol. The molecule has 1 heterocycles. The molecule has 1 N–H and O–H groups in total. The molecular formula is C14H23ClN2O2. The second-order valence-electron chi connectivity index (χ2n) is 5.90. The fourth-order valence-electron chi connectivity index (χ4n) is 3.05. The summed E-state index contributed by atoms with van der Waals surface area (Å²) in [7, 11) is 0. The summed E-state index contributed by atoms with van der Waals surface area (Å²) in [6.45, 7) is 2.63. The zero-order valence-corrected chi connectivity index (χ0v) is 12.3. The van der Waals surface area contributed by atoms with Crippen molar-refractivity contribution in [3.8, 4) is 0 Å². The molecule has 5 heteroatoms. The number of amides is 3. The lowest BCUT2D eigenvalue weighted by atomic mass is 9.82. The van der Waals surface area contributed by atoms with Crippen LogP contribution in [0.15, 0.2) is 0 Å². The van der Waals surface area contributed by atoms with Crippen molar-refractivity contribution in [2.24, 2.45) is 5.92 Å². The number of carbonyl (C=O) groups excluding carboxylic acids is 2. The van der Waals surface area contributed by atoms with Crippen LogP contribution in [0.5, 0.6) is 0 Å². The van der Waals surface area contributed by atoms with Crippen molar-refractivity contribution in [1.29, 1.82) is 0 Å². The summed E-state index contributed by atoms with van der Waals surface area (Å²) in [5.41, 5.74) is -0.578. The van der Waals surface area contributed by atoms with Crippen LogP contribution in [0.2, 0.25) is 0 Å². The highest BCUT2D eigenvalue weighted by Gasteiger charge is 2.50. The summed E-state index contributed by atoms with van der Waals surface area (Å²) in [4.78, 5) is 25.9. The van der Waals surface area contributed by atoms with Crippen molar-refractivity contribution >= 4 is 23.5 Å². The first-order valence-corrected chi connectivity index (χ1v) is 7.82. The summed E-state index contributed by atoms with van der Waals surface area (Å²) in [5.74, 6) is 1.07. The number of alkyl halides is 1. The Labute approximate surface area is 119 Å². The molecule has 2 rings (SSSR count). The van der Waals surface area contributed by atoms with Gasteiger partial charge in [-0.15, -0.1) is 11.6 Å². The summed E-state index contributed by atoms with van der Waals surface area (Å²) in [6, 6.07) is -0.204. The molecule has 2 aliphatic rings. The number of nitrogens with one attached hydrogen (secondary N) is 1. The Hall–Kier alpha value is -0.770. The average Bonchev–Trinajstić information content (AvgIpc) is 2.60. The lowest BCUT2D eigenvalue weighted by Gasteiger charge is -2.30. The number of nitrogens with zero attached hydrogens (tertiary/aromatic N) is 1. The minimum Gasteiger partial charge on any atom is -0.323 e. The van der Waals surface area contributed by atoms with E-state index in [4.69, 9.17) is 11.6 Å². The van der Waals surface area contributed by atoms with Gasteiger partial charge < -0.3 is 5.32 Å². The molecule has 1 saturated carbocycles. The highest BCUT2D eigenvalue weighted by atomic mass is 35.5. The summed E-state index contributed by atoms with van der Waals surface area (Å²) < 4.78 is 0. The van der Waals surface area contributed by atoms with E-state index in [0.717, 1.165) is 44.9 Å². The smallest absolute Gasteiger partial charge is 0.323 e. The highest BCUT2D eigenvalue weighted by molar-refractivity contribution is 6.17. The molecule has 0 aromatic heterocycles. The lowest BCUT2D eigenvalue weighted by Crippen LogP contribution is -2.48. The van der Waals surface area contributed by atoms with E-state index >= 15 is 0 Å². The third-order valence-electron chi connectivity index (χ3n) is 4.40. The molecule has 1 unspecified atom stereocenters. The van der Waals surface area contributed by atoms with Gasteiger partial charge in [-0.1, -0.05) is 26.2 Å². The number of halogens is 1. The first-order valence-electron chi connectivity index (χ1n) is 7.29. The van der Waals surface area contributed by atoms with Gasteiger partial charge in [0.2, 0.25) is 0 Å². The van der Waals surface area contributed by atoms with E-state index in [1.807, 2.05) is 0 Å². The van der Waals surface area contributed by atoms with Crippen LogP contribution in [0.25, 0.3) is 0 Å². The first kappa shape index (κ1) is 14.6. The Morgan fingerprint density at radius 2 is 1.95 bits per heavy atom. The van der Waals surface area contributed by atoms with Crippen LogP contribution >= 0.6 is 11.6 Å². The summed E-state index contributed by atoms with van der Waals surface area (Å²) in [5, 5.41) is 2.94. The monoisotopic (exact) mass is 286 g/mol. The Balaban J connectivity index is 1.94. The van der Waals surface area contributed by atoms with Crippen LogP contribution < -0.4 is 5.32 Å². The van der Waals surface area contributed by atoms with Crippen LogP contribution in [-0.2, 0) is 4.79 Å². The Bertz CT molecular complexity index is 353. The third kappa shape index (κ3) is 3.04. The second-order valence-corrected chi connectivity index (χ2v) is 6.28. The van der Waals surface area contributed by atoms with Gasteiger partial charge in [-0.2, -0.15) is 0 Å². The van der Waals surface area contributed by atoms with E-state index in [9.17, 15) is 9.59 Å². The normalized spacial score (nSPS) is 23.8. The van der Waals surface area contributed by atoms with Crippen molar-refractivity contribution in [3.63, 3.8) is 0 Å². The maximum atomic E-state index is 12.5. The van der Waals surface area contributed by atoms with Gasteiger partial charge in [0.25, 0.3) is 5.91 Å². The summed E-state index contributed by atoms with van der Waals surface area (Å²) >= 11 is 5.71. The Morgan fingerprint density at radius 3 is 2.58 bits per heavy atom. The quantitative estimate of drug-likeness (QED) is 0.624. The predicted octanol–water partition coefficient (Wildman–Crippen LogP) is 2.90. The standard InChI is InChI=1S/C14H23ClN2O2/c1-11(5-9-15)6-10-17-12(18)14(16-13(17)19)7-3-2-4-8-14/h11H,2-10H2,1H3,(H,16,19). The van der Waals surface area contributed by atoms with Crippen molar-refractivity contribution < 1.29 is 9.59 Å². The molecule has 1 spiro atoms. The fourth-order valence-corrected chi connectivity index (χ4v) is 3.43. The van der Waals surface area contributed by atoms with E-state index in [2.05, 4.69) is 12.2 Å². The maximum Gasteiger partial charge on any atom is 0.325 e. The maximum absolute atomic E-state index is 12.5. The zero-order valence-electron chi connectivity index (χ0n) is 11.6. The van der Waals surface area contributed by atoms with Gasteiger partial charge in [-0.25, -0.2) is 4.79 Å². The van der Waals surface area contributed by atoms with Gasteiger partial charge in [-0.3, -0.25) is 9.69 Å². The molecule has 0 aromatic carbocycles. The van der Waals surface area contributed by atoms with E-state index in [-0.39, 0.29) is 11.9 Å². The third-order valence-corrected chi connectivity index (χ3v) is 4.62. The van der Waals surface area contributed by atoms with Crippen LogP contribution in [0, 0.1) is 5.92 Å². The van der Waals surface area contributed by atoms with Crippen LogP contribution in [0.1, 0.15) is 51.9 Å². The summed E-state index contributed by atoms with van der Waals surface area (Å²) in [6.07, 6.45) is 6.58. The molecule has 1 saturated heterocycles. The highest BCUT2D eigenvalue weighted by Crippen LogP contribution is 2.33. The number of hydrogen-bond donors (Lipinski definition) is 1. The first-order chi connectivity index (χ1) is 9.09. The zero-order chi connectivity index (χ0) is 13.9. The molecule has 1 aliphatic heterocycles. The number of hydrogen-bond acceptors (Lipinski definition) is 2. The van der Waals surface area contributed by atoms with E-state index in [0.29, 0.717) is 18.3 Å². The van der Waals surface area contributed by atoms with Gasteiger partial charge in [0, 0.05) is 12.4 Å². The average molecular weight is 287 g/mol. The molecular weight excluding hydrogens is 264 g/mol. The number of urea groups is 1. The Kier molecular flexibility index (Phi) is 4.71. The molecule has 1 aliphatic carbocycles. The van der Waals surface area contributed by atoms with E-state index in [1.165, 1.54) is 4.90 Å². The van der Waals surface area contributed by atoms with Crippen LogP contribution in [0.3, 0.4) is 0 Å². The molecule has 0 radical (unpaired) electrons. The van der Waals surface area contributed by atoms with E-state index in [1.54, 1.807) is 0 Å². The van der Waals surface area contributed by atoms with Gasteiger partial charge in [0.05, 0.1) is 0 Å². The SMILES string of the molecule is CC(CCCl)CCN1C(=O)NC2(CCCCC2)C1=O. The molecule has 4 nitrogen and oxygen atoms in total. The molecule has 0 aromatic rings. The largest absolute Gasteiger partial charge is 0.325 e. The van der Waals surface area contributed by atoms with Crippen molar-refractivity contribution in [3.05, 3.63) is 0 Å². The molecule has 108 valence electrons. The van der Waals surface area contributed by atoms with Crippen LogP contribution in [-0.4, -0.2) is 34.8 Å². The minimum absolute atomic E-state index is 0.00438. The fraction of sp³-hybridized carbons (Fsp3) is 0.857. The van der Waals surface area contributed by atoms with Gasteiger partial charge in [-0.05, 0) is 31.6 Å². The van der Waals surface area contributed by atoms with Crippen LogP contribution in [0.4, 0.5) is 4.79 Å². The molecule has 3 amide bonds.